The lowest BCUT2D eigenvalue weighted by Crippen LogP contribution is -2.44. The molecule has 0 unspecified atom stereocenters. The molecule has 1 fully saturated rings. The molecule has 13 heteroatoms. The Morgan fingerprint density at radius 1 is 1.21 bits per heavy atom. The van der Waals surface area contributed by atoms with E-state index in [0.29, 0.717) is 6.07 Å². The zero-order valence-corrected chi connectivity index (χ0v) is 15.8. The number of carbonyl (C=O) groups is 1. The van der Waals surface area contributed by atoms with E-state index in [4.69, 9.17) is 26.9 Å². The number of ether oxygens (including phenoxy) is 2. The fourth-order valence-corrected chi connectivity index (χ4v) is 3.40. The predicted molar refractivity (Wildman–Crippen MR) is 90.8 cm³/mol. The summed E-state index contributed by atoms with van der Waals surface area (Å²) in [5.41, 5.74) is -0.273. The average Bonchev–Trinajstić information content (AvgIpc) is 3.10. The summed E-state index contributed by atoms with van der Waals surface area (Å²) in [4.78, 5) is 12.2. The molecule has 0 bridgehead atoms. The number of thiocarbonyl (C=S) groups is 1. The summed E-state index contributed by atoms with van der Waals surface area (Å²) in [6, 6.07) is 0.172. The molecular formula is C16H16F6N2O4S. The number of hydrogen-bond acceptors (Lipinski definition) is 5. The summed E-state index contributed by atoms with van der Waals surface area (Å²) >= 11 is 5.10. The van der Waals surface area contributed by atoms with Crippen molar-refractivity contribution < 1.29 is 45.8 Å². The van der Waals surface area contributed by atoms with Crippen molar-refractivity contribution in [3.05, 3.63) is 23.3 Å². The number of hydrogen-bond donors (Lipinski definition) is 2. The normalized spacial score (nSPS) is 19.8. The molecule has 0 spiro atoms. The van der Waals surface area contributed by atoms with Gasteiger partial charge in [-0.25, -0.2) is 5.48 Å². The molecule has 1 aliphatic rings. The van der Waals surface area contributed by atoms with Crippen LogP contribution in [0.2, 0.25) is 0 Å². The quantitative estimate of drug-likeness (QED) is 0.321. The summed E-state index contributed by atoms with van der Waals surface area (Å²) in [6.45, 7) is -0.754. The Balaban J connectivity index is 2.53. The molecule has 29 heavy (non-hydrogen) atoms. The number of methoxy groups -OCH3 is 2. The highest BCUT2D eigenvalue weighted by Crippen LogP contribution is 2.43. The van der Waals surface area contributed by atoms with E-state index in [0.717, 1.165) is 25.2 Å². The molecule has 1 aromatic rings. The minimum Gasteiger partial charge on any atom is -0.493 e. The van der Waals surface area contributed by atoms with Gasteiger partial charge in [-0.2, -0.15) is 26.3 Å². The number of likely N-dealkylation sites (tertiary alicyclic amines) is 1. The number of carbonyl (C=O) groups excluding carboxylic acids is 1. The summed E-state index contributed by atoms with van der Waals surface area (Å²) in [7, 11) is 2.09. The molecule has 6 nitrogen and oxygen atoms in total. The molecular weight excluding hydrogens is 430 g/mol. The van der Waals surface area contributed by atoms with Gasteiger partial charge in [-0.1, -0.05) is 12.2 Å². The molecule has 0 saturated carbocycles. The zero-order valence-electron chi connectivity index (χ0n) is 15.0. The Morgan fingerprint density at radius 3 is 2.28 bits per heavy atom. The number of amides is 1. The first-order valence-corrected chi connectivity index (χ1v) is 8.40. The SMILES string of the molecule is COc1cc(C(=S)N2C[C@H](C(F)(F)F)C[C@@H]2C(=O)NO)cc(C(F)(F)F)c1OC. The number of rotatable bonds is 4. The van der Waals surface area contributed by atoms with Gasteiger partial charge in [0.05, 0.1) is 20.1 Å². The van der Waals surface area contributed by atoms with E-state index in [1.54, 1.807) is 0 Å². The van der Waals surface area contributed by atoms with Crippen LogP contribution in [0.25, 0.3) is 0 Å². The maximum Gasteiger partial charge on any atom is 0.420 e. The number of alkyl halides is 6. The van der Waals surface area contributed by atoms with E-state index in [9.17, 15) is 31.1 Å². The third-order valence-electron chi connectivity index (χ3n) is 4.47. The number of halogens is 6. The van der Waals surface area contributed by atoms with Crippen molar-refractivity contribution in [2.24, 2.45) is 5.92 Å². The molecule has 1 amide bonds. The fourth-order valence-electron chi connectivity index (χ4n) is 3.08. The maximum absolute atomic E-state index is 13.4. The average molecular weight is 446 g/mol. The van der Waals surface area contributed by atoms with Crippen LogP contribution in [-0.4, -0.2) is 54.0 Å². The van der Waals surface area contributed by atoms with Crippen molar-refractivity contribution in [1.82, 2.24) is 10.4 Å². The number of nitrogens with one attached hydrogen (secondary N) is 1. The second kappa shape index (κ2) is 8.22. The van der Waals surface area contributed by atoms with Crippen LogP contribution in [0.5, 0.6) is 11.5 Å². The third kappa shape index (κ3) is 4.66. The fraction of sp³-hybridized carbons (Fsp3) is 0.500. The van der Waals surface area contributed by atoms with Gasteiger partial charge >= 0.3 is 12.4 Å². The maximum atomic E-state index is 13.4. The molecule has 2 rings (SSSR count). The van der Waals surface area contributed by atoms with Crippen LogP contribution in [0.4, 0.5) is 26.3 Å². The molecule has 1 aromatic carbocycles. The Kier molecular flexibility index (Phi) is 6.52. The van der Waals surface area contributed by atoms with Crippen LogP contribution >= 0.6 is 12.2 Å². The Hall–Kier alpha value is -2.28. The van der Waals surface area contributed by atoms with Gasteiger partial charge in [0.2, 0.25) is 0 Å². The molecule has 162 valence electrons. The largest absolute Gasteiger partial charge is 0.493 e. The highest BCUT2D eigenvalue weighted by molar-refractivity contribution is 7.80. The number of nitrogens with zero attached hydrogens (tertiary/aromatic N) is 1. The van der Waals surface area contributed by atoms with Gasteiger partial charge in [0.25, 0.3) is 5.91 Å². The van der Waals surface area contributed by atoms with E-state index in [1.807, 2.05) is 0 Å². The number of benzene rings is 1. The van der Waals surface area contributed by atoms with Crippen LogP contribution in [0.1, 0.15) is 17.5 Å². The van der Waals surface area contributed by atoms with Crippen molar-refractivity contribution in [3.8, 4) is 11.5 Å². The Morgan fingerprint density at radius 2 is 1.83 bits per heavy atom. The van der Waals surface area contributed by atoms with E-state index >= 15 is 0 Å². The van der Waals surface area contributed by atoms with Crippen molar-refractivity contribution in [1.29, 1.82) is 0 Å². The van der Waals surface area contributed by atoms with E-state index in [-0.39, 0.29) is 11.3 Å². The second-order valence-electron chi connectivity index (χ2n) is 6.18. The van der Waals surface area contributed by atoms with Gasteiger partial charge in [-0.05, 0) is 18.6 Å². The Labute approximate surface area is 166 Å². The highest BCUT2D eigenvalue weighted by Gasteiger charge is 2.50. The molecule has 2 atom stereocenters. The van der Waals surface area contributed by atoms with Gasteiger partial charge in [-0.15, -0.1) is 0 Å². The lowest BCUT2D eigenvalue weighted by Gasteiger charge is -2.27. The Bertz CT molecular complexity index is 799. The van der Waals surface area contributed by atoms with Crippen molar-refractivity contribution in [3.63, 3.8) is 0 Å². The predicted octanol–water partition coefficient (Wildman–Crippen LogP) is 3.16. The van der Waals surface area contributed by atoms with Crippen molar-refractivity contribution in [2.75, 3.05) is 20.8 Å². The van der Waals surface area contributed by atoms with Crippen molar-refractivity contribution in [2.45, 2.75) is 24.8 Å². The smallest absolute Gasteiger partial charge is 0.420 e. The first-order valence-electron chi connectivity index (χ1n) is 8.00. The van der Waals surface area contributed by atoms with Gasteiger partial charge in [0.15, 0.2) is 11.5 Å². The third-order valence-corrected chi connectivity index (χ3v) is 4.94. The van der Waals surface area contributed by atoms with Crippen LogP contribution in [0.15, 0.2) is 12.1 Å². The molecule has 1 heterocycles. The van der Waals surface area contributed by atoms with Crippen molar-refractivity contribution >= 4 is 23.1 Å². The summed E-state index contributed by atoms with van der Waals surface area (Å²) in [6.07, 6.45) is -10.2. The van der Waals surface area contributed by atoms with Crippen LogP contribution in [0, 0.1) is 5.92 Å². The molecule has 1 saturated heterocycles. The summed E-state index contributed by atoms with van der Waals surface area (Å²) < 4.78 is 89.3. The molecule has 1 aliphatic heterocycles. The van der Waals surface area contributed by atoms with Gasteiger partial charge in [0, 0.05) is 12.1 Å². The lowest BCUT2D eigenvalue weighted by atomic mass is 10.0. The first-order chi connectivity index (χ1) is 13.3. The molecule has 0 aliphatic carbocycles. The standard InChI is InChI=1S/C16H16F6N2O4S/c1-27-11-4-7(3-9(12(11)28-2)16(20,21)22)14(29)24-6-8(15(17,18)19)5-10(24)13(25)23-26/h3-4,8,10,26H,5-6H2,1-2H3,(H,23,25)/t8-,10-/m1/s1. The second-order valence-corrected chi connectivity index (χ2v) is 6.57. The van der Waals surface area contributed by atoms with Crippen LogP contribution in [0.3, 0.4) is 0 Å². The monoisotopic (exact) mass is 446 g/mol. The molecule has 0 aromatic heterocycles. The van der Waals surface area contributed by atoms with Gasteiger partial charge in [-0.3, -0.25) is 10.0 Å². The lowest BCUT2D eigenvalue weighted by molar-refractivity contribution is -0.170. The highest BCUT2D eigenvalue weighted by atomic mass is 32.1. The van der Waals surface area contributed by atoms with E-state index < -0.39 is 59.5 Å². The molecule has 0 radical (unpaired) electrons. The first kappa shape index (κ1) is 23.0. The summed E-state index contributed by atoms with van der Waals surface area (Å²) in [5.74, 6) is -4.07. The minimum absolute atomic E-state index is 0.288. The summed E-state index contributed by atoms with van der Waals surface area (Å²) in [5, 5.41) is 8.82. The van der Waals surface area contributed by atoms with Gasteiger partial charge in [0.1, 0.15) is 16.6 Å². The van der Waals surface area contributed by atoms with Crippen LogP contribution < -0.4 is 15.0 Å². The number of hydroxylamine groups is 1. The van der Waals surface area contributed by atoms with Gasteiger partial charge < -0.3 is 14.4 Å². The molecule has 2 N–H and O–H groups in total. The van der Waals surface area contributed by atoms with E-state index in [1.165, 1.54) is 5.48 Å². The zero-order chi connectivity index (χ0) is 22.1. The topological polar surface area (TPSA) is 71.0 Å². The van der Waals surface area contributed by atoms with Crippen LogP contribution in [-0.2, 0) is 11.0 Å². The minimum atomic E-state index is -4.87. The van der Waals surface area contributed by atoms with E-state index in [2.05, 4.69) is 0 Å².